The second-order valence-corrected chi connectivity index (χ2v) is 7.21. The van der Waals surface area contributed by atoms with Crippen LogP contribution in [0.5, 0.6) is 0 Å². The second-order valence-electron chi connectivity index (χ2n) is 5.19. The van der Waals surface area contributed by atoms with Gasteiger partial charge in [0.25, 0.3) is 0 Å². The minimum atomic E-state index is -3.19. The molecule has 0 bridgehead atoms. The largest absolute Gasteiger partial charge is 0.335 e. The molecule has 0 radical (unpaired) electrons. The quantitative estimate of drug-likeness (QED) is 0.848. The molecule has 1 atom stereocenters. The Morgan fingerprint density at radius 1 is 1.10 bits per heavy atom. The van der Waals surface area contributed by atoms with Gasteiger partial charge >= 0.3 is 6.03 Å². The molecule has 0 fully saturated rings. The number of rotatable bonds is 6. The smallest absolute Gasteiger partial charge is 0.315 e. The Hall–Kier alpha value is -1.56. The van der Waals surface area contributed by atoms with Crippen LogP contribution in [0.1, 0.15) is 45.2 Å². The molecule has 1 aromatic rings. The van der Waals surface area contributed by atoms with Gasteiger partial charge in [-0.3, -0.25) is 0 Å². The number of benzene rings is 1. The van der Waals surface area contributed by atoms with Crippen molar-refractivity contribution in [1.82, 2.24) is 10.6 Å². The van der Waals surface area contributed by atoms with Gasteiger partial charge in [0, 0.05) is 12.3 Å². The van der Waals surface area contributed by atoms with Crippen molar-refractivity contribution in [3.63, 3.8) is 0 Å². The molecular weight excluding hydrogens is 288 g/mol. The van der Waals surface area contributed by atoms with Gasteiger partial charge in [0.05, 0.1) is 10.9 Å². The molecule has 5 nitrogen and oxygen atoms in total. The van der Waals surface area contributed by atoms with E-state index in [1.807, 2.05) is 20.8 Å². The summed E-state index contributed by atoms with van der Waals surface area (Å²) in [6.07, 6.45) is 2.95. The number of carbonyl (C=O) groups is 1. The number of hydrogen-bond donors (Lipinski definition) is 2. The van der Waals surface area contributed by atoms with E-state index in [1.165, 1.54) is 6.26 Å². The molecule has 0 heterocycles. The summed E-state index contributed by atoms with van der Waals surface area (Å²) in [6.45, 7) is 5.92. The lowest BCUT2D eigenvalue weighted by molar-refractivity contribution is 0.233. The Morgan fingerprint density at radius 2 is 1.62 bits per heavy atom. The normalized spacial score (nSPS) is 13.0. The number of hydrogen-bond acceptors (Lipinski definition) is 3. The molecule has 0 aliphatic heterocycles. The average Bonchev–Trinajstić information content (AvgIpc) is 2.43. The first-order valence-electron chi connectivity index (χ1n) is 7.15. The van der Waals surface area contributed by atoms with Crippen molar-refractivity contribution in [1.29, 1.82) is 0 Å². The standard InChI is InChI=1S/C15H24N2O3S/c1-5-13(6-2)17-15(18)16-11(3)12-7-9-14(10-8-12)21(4,19)20/h7-11,13H,5-6H2,1-4H3,(H2,16,17,18). The molecule has 2 amide bonds. The molecule has 0 aliphatic carbocycles. The first-order valence-corrected chi connectivity index (χ1v) is 9.04. The number of urea groups is 1. The van der Waals surface area contributed by atoms with Crippen LogP contribution in [0.3, 0.4) is 0 Å². The molecule has 0 aromatic heterocycles. The number of amides is 2. The summed E-state index contributed by atoms with van der Waals surface area (Å²) in [7, 11) is -3.19. The summed E-state index contributed by atoms with van der Waals surface area (Å²) in [4.78, 5) is 12.1. The van der Waals surface area contributed by atoms with E-state index in [0.717, 1.165) is 18.4 Å². The minimum Gasteiger partial charge on any atom is -0.335 e. The third-order valence-corrected chi connectivity index (χ3v) is 4.61. The van der Waals surface area contributed by atoms with E-state index in [9.17, 15) is 13.2 Å². The zero-order valence-corrected chi connectivity index (χ0v) is 13.8. The number of carbonyl (C=O) groups excluding carboxylic acids is 1. The monoisotopic (exact) mass is 312 g/mol. The number of sulfone groups is 1. The fraction of sp³-hybridized carbons (Fsp3) is 0.533. The molecule has 118 valence electrons. The van der Waals surface area contributed by atoms with Crippen LogP contribution in [-0.2, 0) is 9.84 Å². The maximum atomic E-state index is 11.9. The van der Waals surface area contributed by atoms with Crippen LogP contribution in [0.15, 0.2) is 29.2 Å². The fourth-order valence-electron chi connectivity index (χ4n) is 2.00. The highest BCUT2D eigenvalue weighted by Gasteiger charge is 2.13. The van der Waals surface area contributed by atoms with E-state index >= 15 is 0 Å². The maximum absolute atomic E-state index is 11.9. The molecule has 1 unspecified atom stereocenters. The van der Waals surface area contributed by atoms with Crippen molar-refractivity contribution in [3.05, 3.63) is 29.8 Å². The van der Waals surface area contributed by atoms with Crippen molar-refractivity contribution in [2.45, 2.75) is 50.6 Å². The van der Waals surface area contributed by atoms with Crippen molar-refractivity contribution < 1.29 is 13.2 Å². The third-order valence-electron chi connectivity index (χ3n) is 3.48. The summed E-state index contributed by atoms with van der Waals surface area (Å²) in [5, 5.41) is 5.76. The predicted octanol–water partition coefficient (Wildman–Crippen LogP) is 2.64. The zero-order chi connectivity index (χ0) is 16.0. The second kappa shape index (κ2) is 7.45. The highest BCUT2D eigenvalue weighted by atomic mass is 32.2. The van der Waals surface area contributed by atoms with Crippen LogP contribution in [0.25, 0.3) is 0 Å². The highest BCUT2D eigenvalue weighted by molar-refractivity contribution is 7.90. The van der Waals surface area contributed by atoms with E-state index in [-0.39, 0.29) is 23.0 Å². The van der Waals surface area contributed by atoms with Gasteiger partial charge in [-0.25, -0.2) is 13.2 Å². The summed E-state index contributed by atoms with van der Waals surface area (Å²) in [5.74, 6) is 0. The average molecular weight is 312 g/mol. The zero-order valence-electron chi connectivity index (χ0n) is 13.0. The maximum Gasteiger partial charge on any atom is 0.315 e. The molecule has 0 spiro atoms. The summed E-state index contributed by atoms with van der Waals surface area (Å²) >= 11 is 0. The SMILES string of the molecule is CCC(CC)NC(=O)NC(C)c1ccc(S(C)(=O)=O)cc1. The Labute approximate surface area is 127 Å². The fourth-order valence-corrected chi connectivity index (χ4v) is 2.63. The van der Waals surface area contributed by atoms with E-state index in [2.05, 4.69) is 10.6 Å². The van der Waals surface area contributed by atoms with E-state index in [4.69, 9.17) is 0 Å². The number of nitrogens with one attached hydrogen (secondary N) is 2. The van der Waals surface area contributed by atoms with Crippen LogP contribution in [0.4, 0.5) is 4.79 Å². The molecule has 1 aromatic carbocycles. The molecule has 21 heavy (non-hydrogen) atoms. The Balaban J connectivity index is 2.67. The van der Waals surface area contributed by atoms with Crippen LogP contribution in [-0.4, -0.2) is 26.7 Å². The third kappa shape index (κ3) is 5.38. The first kappa shape index (κ1) is 17.5. The van der Waals surface area contributed by atoms with Gasteiger partial charge in [0.1, 0.15) is 0 Å². The van der Waals surface area contributed by atoms with Crippen LogP contribution in [0.2, 0.25) is 0 Å². The lowest BCUT2D eigenvalue weighted by atomic mass is 10.1. The van der Waals surface area contributed by atoms with Gasteiger partial charge in [0.2, 0.25) is 0 Å². The first-order chi connectivity index (χ1) is 9.77. The van der Waals surface area contributed by atoms with Gasteiger partial charge in [-0.2, -0.15) is 0 Å². The lowest BCUT2D eigenvalue weighted by Gasteiger charge is -2.19. The molecule has 6 heteroatoms. The Bertz CT molecular complexity index is 563. The van der Waals surface area contributed by atoms with Gasteiger partial charge in [-0.15, -0.1) is 0 Å². The van der Waals surface area contributed by atoms with E-state index in [0.29, 0.717) is 0 Å². The minimum absolute atomic E-state index is 0.171. The molecule has 0 aliphatic rings. The summed E-state index contributed by atoms with van der Waals surface area (Å²) < 4.78 is 22.8. The lowest BCUT2D eigenvalue weighted by Crippen LogP contribution is -2.42. The van der Waals surface area contributed by atoms with Crippen molar-refractivity contribution in [3.8, 4) is 0 Å². The molecule has 0 saturated carbocycles. The van der Waals surface area contributed by atoms with Gasteiger partial charge in [-0.1, -0.05) is 26.0 Å². The highest BCUT2D eigenvalue weighted by Crippen LogP contribution is 2.16. The van der Waals surface area contributed by atoms with E-state index < -0.39 is 9.84 Å². The van der Waals surface area contributed by atoms with Crippen LogP contribution < -0.4 is 10.6 Å². The van der Waals surface area contributed by atoms with Gasteiger partial charge in [0.15, 0.2) is 9.84 Å². The molecule has 1 rings (SSSR count). The van der Waals surface area contributed by atoms with Crippen molar-refractivity contribution >= 4 is 15.9 Å². The topological polar surface area (TPSA) is 75.3 Å². The Kier molecular flexibility index (Phi) is 6.20. The summed E-state index contributed by atoms with van der Waals surface area (Å²) in [5.41, 5.74) is 0.863. The Morgan fingerprint density at radius 3 is 2.05 bits per heavy atom. The van der Waals surface area contributed by atoms with Crippen molar-refractivity contribution in [2.24, 2.45) is 0 Å². The molecule has 0 saturated heterocycles. The molecular formula is C15H24N2O3S. The van der Waals surface area contributed by atoms with Crippen LogP contribution in [0, 0.1) is 0 Å². The van der Waals surface area contributed by atoms with Crippen LogP contribution >= 0.6 is 0 Å². The van der Waals surface area contributed by atoms with Crippen molar-refractivity contribution in [2.75, 3.05) is 6.26 Å². The van der Waals surface area contributed by atoms with Gasteiger partial charge in [-0.05, 0) is 37.5 Å². The molecule has 2 N–H and O–H groups in total. The summed E-state index contributed by atoms with van der Waals surface area (Å²) in [6, 6.07) is 6.33. The van der Waals surface area contributed by atoms with E-state index in [1.54, 1.807) is 24.3 Å². The van der Waals surface area contributed by atoms with Gasteiger partial charge < -0.3 is 10.6 Å². The predicted molar refractivity (Wildman–Crippen MR) is 84.0 cm³/mol.